The lowest BCUT2D eigenvalue weighted by atomic mass is 10.1. The number of aryl methyl sites for hydroxylation is 1. The van der Waals surface area contributed by atoms with E-state index in [0.717, 1.165) is 33.8 Å². The van der Waals surface area contributed by atoms with Crippen LogP contribution in [0.1, 0.15) is 11.4 Å². The molecule has 162 valence electrons. The maximum Gasteiger partial charge on any atom is 0.265 e. The van der Waals surface area contributed by atoms with Crippen LogP contribution >= 0.6 is 0 Å². The molecule has 0 aliphatic carbocycles. The van der Waals surface area contributed by atoms with E-state index in [2.05, 4.69) is 4.98 Å². The Labute approximate surface area is 185 Å². The molecule has 2 aromatic carbocycles. The number of nitrogens with zero attached hydrogens (tertiary/aromatic N) is 3. The molecule has 0 saturated heterocycles. The fourth-order valence-electron chi connectivity index (χ4n) is 3.94. The Hall–Kier alpha value is -3.65. The molecule has 0 fully saturated rings. The second-order valence-corrected chi connectivity index (χ2v) is 9.84. The standard InChI is InChI=1S/C24H21N3O4S/c1-16-21(14-27-20-5-3-4-6-22(20)31-15-24(27)28)26-13-18(9-12-23(26)25-16)17-7-10-19(11-8-17)32(2,29)30/h3-13H,14-15H2,1-2H3. The Morgan fingerprint density at radius 1 is 1.00 bits per heavy atom. The van der Waals surface area contributed by atoms with Crippen molar-refractivity contribution in [3.05, 3.63) is 78.2 Å². The number of rotatable bonds is 4. The SMILES string of the molecule is Cc1nc2ccc(-c3ccc(S(C)(=O)=O)cc3)cn2c1CN1C(=O)COc2ccccc21. The molecular formula is C24H21N3O4S. The van der Waals surface area contributed by atoms with Crippen molar-refractivity contribution >= 4 is 27.1 Å². The van der Waals surface area contributed by atoms with E-state index in [0.29, 0.717) is 12.3 Å². The fraction of sp³-hybridized carbons (Fsp3) is 0.167. The molecule has 0 unspecified atom stereocenters. The summed E-state index contributed by atoms with van der Waals surface area (Å²) < 4.78 is 31.0. The lowest BCUT2D eigenvalue weighted by Gasteiger charge is -2.29. The average molecular weight is 448 g/mol. The summed E-state index contributed by atoms with van der Waals surface area (Å²) in [7, 11) is -3.25. The van der Waals surface area contributed by atoms with Crippen LogP contribution in [0.15, 0.2) is 71.8 Å². The number of hydrogen-bond acceptors (Lipinski definition) is 5. The number of hydrogen-bond donors (Lipinski definition) is 0. The van der Waals surface area contributed by atoms with Gasteiger partial charge in [-0.25, -0.2) is 13.4 Å². The molecule has 0 spiro atoms. The van der Waals surface area contributed by atoms with Gasteiger partial charge in [-0.05, 0) is 54.4 Å². The van der Waals surface area contributed by atoms with Crippen molar-refractivity contribution < 1.29 is 17.9 Å². The molecule has 0 N–H and O–H groups in total. The monoisotopic (exact) mass is 447 g/mol. The summed E-state index contributed by atoms with van der Waals surface area (Å²) in [5.74, 6) is 0.579. The summed E-state index contributed by atoms with van der Waals surface area (Å²) >= 11 is 0. The number of carbonyl (C=O) groups excluding carboxylic acids is 1. The minimum absolute atomic E-state index is 0.00469. The van der Waals surface area contributed by atoms with Crippen molar-refractivity contribution in [1.29, 1.82) is 0 Å². The highest BCUT2D eigenvalue weighted by Gasteiger charge is 2.27. The van der Waals surface area contributed by atoms with Crippen LogP contribution in [0.3, 0.4) is 0 Å². The van der Waals surface area contributed by atoms with Gasteiger partial charge in [0.1, 0.15) is 11.4 Å². The van der Waals surface area contributed by atoms with Crippen molar-refractivity contribution in [2.24, 2.45) is 0 Å². The molecule has 8 heteroatoms. The largest absolute Gasteiger partial charge is 0.482 e. The summed E-state index contributed by atoms with van der Waals surface area (Å²) in [5.41, 5.74) is 5.08. The van der Waals surface area contributed by atoms with E-state index in [1.165, 1.54) is 6.26 Å². The number of aromatic nitrogens is 2. The van der Waals surface area contributed by atoms with Crippen LogP contribution in [0.2, 0.25) is 0 Å². The van der Waals surface area contributed by atoms with Crippen LogP contribution < -0.4 is 9.64 Å². The van der Waals surface area contributed by atoms with Crippen molar-refractivity contribution in [3.63, 3.8) is 0 Å². The number of anilines is 1. The van der Waals surface area contributed by atoms with E-state index in [4.69, 9.17) is 4.74 Å². The number of benzene rings is 2. The van der Waals surface area contributed by atoms with Crippen LogP contribution in [0.5, 0.6) is 5.75 Å². The van der Waals surface area contributed by atoms with Gasteiger partial charge in [0.2, 0.25) is 0 Å². The molecule has 5 rings (SSSR count). The smallest absolute Gasteiger partial charge is 0.265 e. The van der Waals surface area contributed by atoms with Gasteiger partial charge < -0.3 is 9.14 Å². The van der Waals surface area contributed by atoms with E-state index < -0.39 is 9.84 Å². The minimum Gasteiger partial charge on any atom is -0.482 e. The molecule has 1 aliphatic rings. The second-order valence-electron chi connectivity index (χ2n) is 7.82. The summed E-state index contributed by atoms with van der Waals surface area (Å²) in [5, 5.41) is 0. The lowest BCUT2D eigenvalue weighted by Crippen LogP contribution is -2.38. The van der Waals surface area contributed by atoms with E-state index in [-0.39, 0.29) is 17.4 Å². The molecule has 1 aliphatic heterocycles. The van der Waals surface area contributed by atoms with E-state index >= 15 is 0 Å². The van der Waals surface area contributed by atoms with Gasteiger partial charge in [-0.15, -0.1) is 0 Å². The highest BCUT2D eigenvalue weighted by Crippen LogP contribution is 2.33. The Morgan fingerprint density at radius 2 is 1.72 bits per heavy atom. The van der Waals surface area contributed by atoms with Gasteiger partial charge >= 0.3 is 0 Å². The zero-order chi connectivity index (χ0) is 22.5. The van der Waals surface area contributed by atoms with Gasteiger partial charge in [-0.2, -0.15) is 0 Å². The first-order chi connectivity index (χ1) is 15.3. The van der Waals surface area contributed by atoms with Crippen molar-refractivity contribution in [2.75, 3.05) is 17.8 Å². The van der Waals surface area contributed by atoms with Gasteiger partial charge in [0.05, 0.1) is 28.5 Å². The fourth-order valence-corrected chi connectivity index (χ4v) is 4.57. The topological polar surface area (TPSA) is 81.0 Å². The predicted octanol–water partition coefficient (Wildman–Crippen LogP) is 3.64. The van der Waals surface area contributed by atoms with Crippen molar-refractivity contribution in [3.8, 4) is 16.9 Å². The molecule has 4 aromatic rings. The first kappa shape index (κ1) is 20.3. The van der Waals surface area contributed by atoms with E-state index in [1.807, 2.05) is 53.9 Å². The Balaban J connectivity index is 1.55. The van der Waals surface area contributed by atoms with Crippen molar-refractivity contribution in [1.82, 2.24) is 9.38 Å². The molecule has 0 atom stereocenters. The van der Waals surface area contributed by atoms with Gasteiger partial charge in [0.15, 0.2) is 16.4 Å². The molecule has 0 saturated carbocycles. The maximum atomic E-state index is 12.7. The minimum atomic E-state index is -3.25. The normalized spacial score (nSPS) is 13.8. The summed E-state index contributed by atoms with van der Waals surface area (Å²) in [4.78, 5) is 19.3. The third kappa shape index (κ3) is 3.52. The summed E-state index contributed by atoms with van der Waals surface area (Å²) in [6.45, 7) is 2.30. The Kier molecular flexibility index (Phi) is 4.74. The Morgan fingerprint density at radius 3 is 2.47 bits per heavy atom. The van der Waals surface area contributed by atoms with Gasteiger partial charge in [-0.1, -0.05) is 24.3 Å². The number of para-hydroxylation sites is 2. The first-order valence-corrected chi connectivity index (χ1v) is 12.0. The Bertz CT molecular complexity index is 1460. The molecule has 0 radical (unpaired) electrons. The number of ether oxygens (including phenoxy) is 1. The summed E-state index contributed by atoms with van der Waals surface area (Å²) in [6, 6.07) is 18.2. The summed E-state index contributed by atoms with van der Waals surface area (Å²) in [6.07, 6.45) is 3.16. The molecule has 3 heterocycles. The molecule has 32 heavy (non-hydrogen) atoms. The van der Waals surface area contributed by atoms with Crippen LogP contribution in [-0.2, 0) is 21.2 Å². The van der Waals surface area contributed by atoms with Gasteiger partial charge in [0.25, 0.3) is 5.91 Å². The van der Waals surface area contributed by atoms with Crippen LogP contribution in [-0.4, -0.2) is 36.6 Å². The van der Waals surface area contributed by atoms with Crippen LogP contribution in [0.25, 0.3) is 16.8 Å². The second kappa shape index (κ2) is 7.49. The molecule has 2 aromatic heterocycles. The maximum absolute atomic E-state index is 12.7. The zero-order valence-electron chi connectivity index (χ0n) is 17.6. The number of imidazole rings is 1. The van der Waals surface area contributed by atoms with E-state index in [9.17, 15) is 13.2 Å². The van der Waals surface area contributed by atoms with Gasteiger partial charge in [-0.3, -0.25) is 9.69 Å². The van der Waals surface area contributed by atoms with Gasteiger partial charge in [0, 0.05) is 12.5 Å². The predicted molar refractivity (Wildman–Crippen MR) is 122 cm³/mol. The molecule has 1 amide bonds. The third-order valence-corrected chi connectivity index (χ3v) is 6.78. The zero-order valence-corrected chi connectivity index (χ0v) is 18.5. The average Bonchev–Trinajstić information content (AvgIpc) is 3.09. The number of sulfone groups is 1. The number of pyridine rings is 1. The molecular weight excluding hydrogens is 426 g/mol. The molecule has 7 nitrogen and oxygen atoms in total. The third-order valence-electron chi connectivity index (χ3n) is 5.65. The van der Waals surface area contributed by atoms with Crippen LogP contribution in [0.4, 0.5) is 5.69 Å². The molecule has 0 bridgehead atoms. The highest BCUT2D eigenvalue weighted by molar-refractivity contribution is 7.90. The van der Waals surface area contributed by atoms with Crippen molar-refractivity contribution in [2.45, 2.75) is 18.4 Å². The quantitative estimate of drug-likeness (QED) is 0.477. The number of carbonyl (C=O) groups is 1. The first-order valence-electron chi connectivity index (χ1n) is 10.1. The van der Waals surface area contributed by atoms with Crippen LogP contribution in [0, 0.1) is 6.92 Å². The number of fused-ring (bicyclic) bond motifs is 2. The van der Waals surface area contributed by atoms with E-state index in [1.54, 1.807) is 29.2 Å². The lowest BCUT2D eigenvalue weighted by molar-refractivity contribution is -0.121. The number of amides is 1. The highest BCUT2D eigenvalue weighted by atomic mass is 32.2.